The van der Waals surface area contributed by atoms with E-state index in [4.69, 9.17) is 5.73 Å². The van der Waals surface area contributed by atoms with Gasteiger partial charge < -0.3 is 10.8 Å². The Hall–Kier alpha value is -2.21. The fourth-order valence-corrected chi connectivity index (χ4v) is 4.71. The van der Waals surface area contributed by atoms with Crippen LogP contribution < -0.4 is 5.73 Å². The summed E-state index contributed by atoms with van der Waals surface area (Å²) >= 11 is 3.15. The maximum Gasteiger partial charge on any atom is 0.123 e. The number of aliphatic hydroxyl groups is 1. The van der Waals surface area contributed by atoms with Crippen molar-refractivity contribution >= 4 is 22.7 Å². The predicted octanol–water partition coefficient (Wildman–Crippen LogP) is 5.73. The van der Waals surface area contributed by atoms with Crippen LogP contribution in [0.3, 0.4) is 0 Å². The number of hydrogen-bond acceptors (Lipinski definition) is 4. The lowest BCUT2D eigenvalue weighted by Gasteiger charge is -2.16. The summed E-state index contributed by atoms with van der Waals surface area (Å²) in [4.78, 5) is 2.05. The molecule has 2 nitrogen and oxygen atoms in total. The number of allylic oxidation sites excluding steroid dienone is 1. The van der Waals surface area contributed by atoms with Crippen molar-refractivity contribution < 1.29 is 9.50 Å². The lowest BCUT2D eigenvalue weighted by molar-refractivity contribution is 0.221. The lowest BCUT2D eigenvalue weighted by Crippen LogP contribution is -2.04. The smallest absolute Gasteiger partial charge is 0.123 e. The number of hydrogen-bond donors (Lipinski definition) is 2. The van der Waals surface area contributed by atoms with Crippen LogP contribution in [0.2, 0.25) is 0 Å². The molecular formula is C20H18FNOS2. The Morgan fingerprint density at radius 2 is 2.08 bits per heavy atom. The zero-order valence-electron chi connectivity index (χ0n) is 13.6. The average Bonchev–Trinajstić information content (AvgIpc) is 3.27. The molecule has 3 N–H and O–H groups in total. The van der Waals surface area contributed by atoms with Crippen LogP contribution in [0.25, 0.3) is 20.9 Å². The summed E-state index contributed by atoms with van der Waals surface area (Å²) < 4.78 is 13.7. The van der Waals surface area contributed by atoms with E-state index in [1.807, 2.05) is 42.0 Å². The van der Waals surface area contributed by atoms with Gasteiger partial charge in [0.1, 0.15) is 11.9 Å². The number of halogens is 1. The summed E-state index contributed by atoms with van der Waals surface area (Å²) in [5, 5.41) is 15.0. The van der Waals surface area contributed by atoms with Crippen molar-refractivity contribution in [3.63, 3.8) is 0 Å². The van der Waals surface area contributed by atoms with E-state index in [0.717, 1.165) is 26.4 Å². The number of nitrogens with two attached hydrogens (primary N) is 1. The van der Waals surface area contributed by atoms with Crippen LogP contribution in [0, 0.1) is 5.82 Å². The molecule has 0 aliphatic carbocycles. The van der Waals surface area contributed by atoms with Crippen molar-refractivity contribution in [2.45, 2.75) is 13.0 Å². The summed E-state index contributed by atoms with van der Waals surface area (Å²) in [5.41, 5.74) is 8.65. The number of benzene rings is 1. The molecule has 128 valence electrons. The number of rotatable bonds is 5. The Balaban J connectivity index is 2.20. The molecule has 2 aromatic heterocycles. The third-order valence-electron chi connectivity index (χ3n) is 3.85. The summed E-state index contributed by atoms with van der Waals surface area (Å²) in [5.74, 6) is -0.301. The van der Waals surface area contributed by atoms with Crippen molar-refractivity contribution in [3.05, 3.63) is 82.5 Å². The second kappa shape index (κ2) is 7.78. The quantitative estimate of drug-likeness (QED) is 0.562. The molecule has 1 aromatic carbocycles. The minimum Gasteiger partial charge on any atom is -0.404 e. The van der Waals surface area contributed by atoms with Gasteiger partial charge in [-0.2, -0.15) is 0 Å². The van der Waals surface area contributed by atoms with Crippen LogP contribution in [-0.2, 0) is 0 Å². The molecule has 0 aliphatic heterocycles. The van der Waals surface area contributed by atoms with Crippen LogP contribution in [0.5, 0.6) is 0 Å². The van der Waals surface area contributed by atoms with Gasteiger partial charge in [0, 0.05) is 16.0 Å². The third kappa shape index (κ3) is 3.58. The van der Waals surface area contributed by atoms with E-state index in [9.17, 15) is 9.50 Å². The van der Waals surface area contributed by atoms with E-state index < -0.39 is 6.10 Å². The highest BCUT2D eigenvalue weighted by Gasteiger charge is 2.24. The zero-order valence-corrected chi connectivity index (χ0v) is 15.3. The van der Waals surface area contributed by atoms with E-state index in [1.165, 1.54) is 18.3 Å². The summed E-state index contributed by atoms with van der Waals surface area (Å²) in [6, 6.07) is 10.4. The first kappa shape index (κ1) is 17.6. The largest absolute Gasteiger partial charge is 0.404 e. The van der Waals surface area contributed by atoms with E-state index in [0.29, 0.717) is 5.57 Å². The van der Waals surface area contributed by atoms with Gasteiger partial charge in [0.15, 0.2) is 0 Å². The molecule has 0 aliphatic rings. The molecule has 0 fully saturated rings. The lowest BCUT2D eigenvalue weighted by atomic mass is 9.94. The highest BCUT2D eigenvalue weighted by atomic mass is 32.1. The third-order valence-corrected chi connectivity index (χ3v) is 5.90. The second-order valence-electron chi connectivity index (χ2n) is 5.45. The minimum atomic E-state index is -0.886. The molecule has 3 rings (SSSR count). The van der Waals surface area contributed by atoms with Gasteiger partial charge in [-0.15, -0.1) is 22.7 Å². The maximum atomic E-state index is 13.7. The van der Waals surface area contributed by atoms with E-state index in [1.54, 1.807) is 34.8 Å². The molecule has 2 heterocycles. The van der Waals surface area contributed by atoms with Gasteiger partial charge in [-0.05, 0) is 53.2 Å². The predicted molar refractivity (Wildman–Crippen MR) is 105 cm³/mol. The first-order chi connectivity index (χ1) is 12.2. The van der Waals surface area contributed by atoms with Crippen molar-refractivity contribution in [1.82, 2.24) is 0 Å². The summed E-state index contributed by atoms with van der Waals surface area (Å²) in [6.45, 7) is 1.87. The van der Waals surface area contributed by atoms with Gasteiger partial charge in [0.2, 0.25) is 0 Å². The maximum absolute atomic E-state index is 13.7. The van der Waals surface area contributed by atoms with Crippen LogP contribution in [0.4, 0.5) is 4.39 Å². The SMILES string of the molecule is C/C=C\C(=C/N)C(O)c1c(-c2cccc(F)c2)csc1-c1cccs1. The van der Waals surface area contributed by atoms with Crippen molar-refractivity contribution in [3.8, 4) is 20.9 Å². The Morgan fingerprint density at radius 1 is 1.24 bits per heavy atom. The van der Waals surface area contributed by atoms with E-state index >= 15 is 0 Å². The molecule has 0 saturated carbocycles. The van der Waals surface area contributed by atoms with Crippen LogP contribution >= 0.6 is 22.7 Å². The normalized spacial score (nSPS) is 13.5. The van der Waals surface area contributed by atoms with Crippen LogP contribution in [-0.4, -0.2) is 5.11 Å². The van der Waals surface area contributed by atoms with Gasteiger partial charge in [-0.3, -0.25) is 0 Å². The van der Waals surface area contributed by atoms with Crippen molar-refractivity contribution in [2.24, 2.45) is 5.73 Å². The van der Waals surface area contributed by atoms with Gasteiger partial charge in [0.25, 0.3) is 0 Å². The summed E-state index contributed by atoms with van der Waals surface area (Å²) in [7, 11) is 0. The highest BCUT2D eigenvalue weighted by Crippen LogP contribution is 2.45. The first-order valence-electron chi connectivity index (χ1n) is 7.79. The molecule has 0 spiro atoms. The van der Waals surface area contributed by atoms with Crippen molar-refractivity contribution in [2.75, 3.05) is 0 Å². The highest BCUT2D eigenvalue weighted by molar-refractivity contribution is 7.20. The van der Waals surface area contributed by atoms with E-state index in [2.05, 4.69) is 0 Å². The topological polar surface area (TPSA) is 46.2 Å². The van der Waals surface area contributed by atoms with Crippen LogP contribution in [0.1, 0.15) is 18.6 Å². The molecule has 0 saturated heterocycles. The molecule has 1 unspecified atom stereocenters. The van der Waals surface area contributed by atoms with Gasteiger partial charge >= 0.3 is 0 Å². The molecular weight excluding hydrogens is 353 g/mol. The van der Waals surface area contributed by atoms with Gasteiger partial charge in [-0.1, -0.05) is 30.4 Å². The molecule has 0 radical (unpaired) electrons. The molecule has 0 bridgehead atoms. The average molecular weight is 372 g/mol. The zero-order chi connectivity index (χ0) is 17.8. The number of aliphatic hydroxyl groups excluding tert-OH is 1. The molecule has 1 atom stereocenters. The molecule has 0 amide bonds. The Kier molecular flexibility index (Phi) is 5.48. The van der Waals surface area contributed by atoms with Crippen molar-refractivity contribution in [1.29, 1.82) is 0 Å². The first-order valence-corrected chi connectivity index (χ1v) is 9.55. The van der Waals surface area contributed by atoms with Gasteiger partial charge in [0.05, 0.1) is 4.88 Å². The Morgan fingerprint density at radius 3 is 2.72 bits per heavy atom. The fraction of sp³-hybridized carbons (Fsp3) is 0.100. The van der Waals surface area contributed by atoms with Gasteiger partial charge in [-0.25, -0.2) is 4.39 Å². The van der Waals surface area contributed by atoms with Crippen LogP contribution in [0.15, 0.2) is 71.1 Å². The monoisotopic (exact) mass is 371 g/mol. The summed E-state index contributed by atoms with van der Waals surface area (Å²) in [6.07, 6.45) is 4.15. The fourth-order valence-electron chi connectivity index (χ4n) is 2.71. The number of thiophene rings is 2. The Bertz CT molecular complexity index is 910. The molecule has 25 heavy (non-hydrogen) atoms. The Labute approximate surface area is 154 Å². The minimum absolute atomic E-state index is 0.301. The van der Waals surface area contributed by atoms with E-state index in [-0.39, 0.29) is 5.82 Å². The molecule has 5 heteroatoms. The molecule has 3 aromatic rings. The standard InChI is InChI=1S/C20H18FNOS2/c1-2-5-14(11-22)19(23)18-16(13-6-3-7-15(21)10-13)12-25-20(18)17-8-4-9-24-17/h2-12,19,23H,22H2,1H3/b5-2-,14-11+. The second-order valence-corrected chi connectivity index (χ2v) is 7.28.